The molecule has 3 rings (SSSR count). The summed E-state index contributed by atoms with van der Waals surface area (Å²) in [5.74, 6) is 1.89. The van der Waals surface area contributed by atoms with E-state index in [9.17, 15) is 0 Å². The van der Waals surface area contributed by atoms with Gasteiger partial charge >= 0.3 is 0 Å². The average Bonchev–Trinajstić information content (AvgIpc) is 3.18. The molecule has 1 aromatic heterocycles. The van der Waals surface area contributed by atoms with E-state index in [1.165, 1.54) is 35.1 Å². The summed E-state index contributed by atoms with van der Waals surface area (Å²) in [7, 11) is 1.81. The molecule has 0 unspecified atom stereocenters. The third-order valence-electron chi connectivity index (χ3n) is 4.87. The maximum absolute atomic E-state index is 4.51. The number of halogens is 1. The highest BCUT2D eigenvalue weighted by atomic mass is 127. The molecule has 1 aromatic carbocycles. The number of rotatable bonds is 5. The number of nitrogens with zero attached hydrogens (tertiary/aromatic N) is 3. The van der Waals surface area contributed by atoms with Crippen LogP contribution in [-0.2, 0) is 13.1 Å². The predicted octanol–water partition coefficient (Wildman–Crippen LogP) is 3.78. The highest BCUT2D eigenvalue weighted by Gasteiger charge is 2.13. The molecule has 0 aliphatic carbocycles. The van der Waals surface area contributed by atoms with E-state index in [0.717, 1.165) is 38.0 Å². The first-order chi connectivity index (χ1) is 12.7. The Morgan fingerprint density at radius 2 is 1.81 bits per heavy atom. The number of benzene rings is 1. The summed E-state index contributed by atoms with van der Waals surface area (Å²) in [5.41, 5.74) is 5.10. The van der Waals surface area contributed by atoms with Gasteiger partial charge in [0, 0.05) is 39.4 Å². The molecule has 6 heteroatoms. The van der Waals surface area contributed by atoms with Gasteiger partial charge in [-0.3, -0.25) is 4.99 Å². The summed E-state index contributed by atoms with van der Waals surface area (Å²) in [5, 5.41) is 6.80. The maximum Gasteiger partial charge on any atom is 0.191 e. The van der Waals surface area contributed by atoms with Crippen molar-refractivity contribution in [1.82, 2.24) is 15.6 Å². The van der Waals surface area contributed by atoms with Gasteiger partial charge in [0.25, 0.3) is 0 Å². The third-order valence-corrected chi connectivity index (χ3v) is 4.87. The van der Waals surface area contributed by atoms with E-state index >= 15 is 0 Å². The van der Waals surface area contributed by atoms with E-state index in [-0.39, 0.29) is 24.0 Å². The highest BCUT2D eigenvalue weighted by molar-refractivity contribution is 14.0. The minimum absolute atomic E-state index is 0. The lowest BCUT2D eigenvalue weighted by molar-refractivity contribution is 0.804. The smallest absolute Gasteiger partial charge is 0.191 e. The fourth-order valence-corrected chi connectivity index (χ4v) is 3.32. The summed E-state index contributed by atoms with van der Waals surface area (Å²) < 4.78 is 0. The molecule has 0 spiro atoms. The number of pyridine rings is 1. The molecule has 2 N–H and O–H groups in total. The van der Waals surface area contributed by atoms with Crippen LogP contribution < -0.4 is 15.5 Å². The van der Waals surface area contributed by atoms with Crippen LogP contribution in [0.5, 0.6) is 0 Å². The van der Waals surface area contributed by atoms with Crippen LogP contribution >= 0.6 is 24.0 Å². The Labute approximate surface area is 179 Å². The van der Waals surface area contributed by atoms with Crippen molar-refractivity contribution in [3.8, 4) is 0 Å². The van der Waals surface area contributed by atoms with E-state index in [1.54, 1.807) is 7.05 Å². The van der Waals surface area contributed by atoms with Gasteiger partial charge in [0.15, 0.2) is 5.96 Å². The van der Waals surface area contributed by atoms with Gasteiger partial charge in [-0.2, -0.15) is 0 Å². The molecule has 1 saturated heterocycles. The van der Waals surface area contributed by atoms with Crippen LogP contribution in [0.3, 0.4) is 0 Å². The number of aromatic nitrogens is 1. The van der Waals surface area contributed by atoms with Crippen molar-refractivity contribution in [2.24, 2.45) is 4.99 Å². The van der Waals surface area contributed by atoms with Crippen molar-refractivity contribution in [2.45, 2.75) is 39.8 Å². The number of hydrogen-bond donors (Lipinski definition) is 2. The van der Waals surface area contributed by atoms with Crippen LogP contribution in [0.4, 0.5) is 5.82 Å². The van der Waals surface area contributed by atoms with Gasteiger partial charge in [-0.25, -0.2) is 4.98 Å². The Kier molecular flexibility index (Phi) is 8.34. The molecule has 0 saturated carbocycles. The van der Waals surface area contributed by atoms with Gasteiger partial charge < -0.3 is 15.5 Å². The van der Waals surface area contributed by atoms with Crippen molar-refractivity contribution in [2.75, 3.05) is 25.0 Å². The first-order valence-electron chi connectivity index (χ1n) is 9.36. The van der Waals surface area contributed by atoms with Gasteiger partial charge in [0.2, 0.25) is 0 Å². The van der Waals surface area contributed by atoms with Crippen LogP contribution in [0.2, 0.25) is 0 Å². The molecule has 1 aliphatic rings. The molecule has 5 nitrogen and oxygen atoms in total. The minimum atomic E-state index is 0. The van der Waals surface area contributed by atoms with Crippen LogP contribution in [0.15, 0.2) is 41.5 Å². The predicted molar refractivity (Wildman–Crippen MR) is 124 cm³/mol. The van der Waals surface area contributed by atoms with E-state index in [4.69, 9.17) is 0 Å². The van der Waals surface area contributed by atoms with Crippen LogP contribution in [-0.4, -0.2) is 31.1 Å². The molecule has 0 amide bonds. The lowest BCUT2D eigenvalue weighted by Gasteiger charge is -2.17. The van der Waals surface area contributed by atoms with Crippen molar-refractivity contribution in [3.05, 3.63) is 58.8 Å². The zero-order chi connectivity index (χ0) is 18.4. The molecular formula is C21H30IN5. The molecule has 0 bridgehead atoms. The topological polar surface area (TPSA) is 52.6 Å². The van der Waals surface area contributed by atoms with E-state index < -0.39 is 0 Å². The van der Waals surface area contributed by atoms with Crippen molar-refractivity contribution in [1.29, 1.82) is 0 Å². The fourth-order valence-electron chi connectivity index (χ4n) is 3.32. The van der Waals surface area contributed by atoms with Crippen molar-refractivity contribution in [3.63, 3.8) is 0 Å². The summed E-state index contributed by atoms with van der Waals surface area (Å²) in [6.45, 7) is 8.00. The molecular weight excluding hydrogens is 449 g/mol. The Balaban J connectivity index is 0.00000261. The molecule has 2 aromatic rings. The Hall–Kier alpha value is -1.83. The summed E-state index contributed by atoms with van der Waals surface area (Å²) in [6.07, 6.45) is 4.43. The van der Waals surface area contributed by atoms with Crippen LogP contribution in [0, 0.1) is 13.8 Å². The molecule has 1 aliphatic heterocycles. The standard InChI is InChI=1S/C21H29N5.HI/c1-16-6-7-19(17(2)12-16)15-25-21(22-3)24-14-18-8-9-23-20(13-18)26-10-4-5-11-26;/h6-9,12-13H,4-5,10-11,14-15H2,1-3H3,(H2,22,24,25);1H. The lowest BCUT2D eigenvalue weighted by atomic mass is 10.1. The molecule has 0 radical (unpaired) electrons. The second-order valence-electron chi connectivity index (χ2n) is 6.93. The lowest BCUT2D eigenvalue weighted by Crippen LogP contribution is -2.36. The van der Waals surface area contributed by atoms with Crippen LogP contribution in [0.1, 0.15) is 35.1 Å². The second-order valence-corrected chi connectivity index (χ2v) is 6.93. The first kappa shape index (κ1) is 21.5. The number of hydrogen-bond acceptors (Lipinski definition) is 3. The normalized spacial score (nSPS) is 14.0. The first-order valence-corrected chi connectivity index (χ1v) is 9.36. The van der Waals surface area contributed by atoms with Crippen molar-refractivity contribution < 1.29 is 0 Å². The fraction of sp³-hybridized carbons (Fsp3) is 0.429. The summed E-state index contributed by atoms with van der Waals surface area (Å²) >= 11 is 0. The number of aliphatic imine (C=N–C) groups is 1. The Bertz CT molecular complexity index is 769. The van der Waals surface area contributed by atoms with Gasteiger partial charge in [0.05, 0.1) is 0 Å². The van der Waals surface area contributed by atoms with Gasteiger partial charge in [0.1, 0.15) is 5.82 Å². The third kappa shape index (κ3) is 6.09. The van der Waals surface area contributed by atoms with E-state index in [2.05, 4.69) is 69.7 Å². The van der Waals surface area contributed by atoms with Gasteiger partial charge in [-0.15, -0.1) is 24.0 Å². The Morgan fingerprint density at radius 1 is 1.07 bits per heavy atom. The zero-order valence-electron chi connectivity index (χ0n) is 16.5. The molecule has 1 fully saturated rings. The number of guanidine groups is 1. The largest absolute Gasteiger partial charge is 0.357 e. The number of nitrogens with one attached hydrogen (secondary N) is 2. The summed E-state index contributed by atoms with van der Waals surface area (Å²) in [4.78, 5) is 11.2. The van der Waals surface area contributed by atoms with Gasteiger partial charge in [-0.05, 0) is 55.5 Å². The van der Waals surface area contributed by atoms with E-state index in [0.29, 0.717) is 0 Å². The monoisotopic (exact) mass is 479 g/mol. The van der Waals surface area contributed by atoms with Gasteiger partial charge in [-0.1, -0.05) is 23.8 Å². The number of anilines is 1. The minimum Gasteiger partial charge on any atom is -0.357 e. The maximum atomic E-state index is 4.51. The Morgan fingerprint density at radius 3 is 2.52 bits per heavy atom. The molecule has 0 atom stereocenters. The highest BCUT2D eigenvalue weighted by Crippen LogP contribution is 2.18. The molecule has 146 valence electrons. The molecule has 2 heterocycles. The zero-order valence-corrected chi connectivity index (χ0v) is 18.8. The SMILES string of the molecule is CN=C(NCc1ccnc(N2CCCC2)c1)NCc1ccc(C)cc1C.I. The number of aryl methyl sites for hydroxylation is 2. The van der Waals surface area contributed by atoms with Crippen molar-refractivity contribution >= 4 is 35.8 Å². The molecule has 27 heavy (non-hydrogen) atoms. The second kappa shape index (κ2) is 10.5. The van der Waals surface area contributed by atoms with Crippen LogP contribution in [0.25, 0.3) is 0 Å². The van der Waals surface area contributed by atoms with E-state index in [1.807, 2.05) is 6.20 Å². The average molecular weight is 479 g/mol. The quantitative estimate of drug-likeness (QED) is 0.390. The summed E-state index contributed by atoms with van der Waals surface area (Å²) in [6, 6.07) is 10.8.